The van der Waals surface area contributed by atoms with Gasteiger partial charge in [-0.05, 0) is 32.9 Å². The number of epoxide rings is 1. The highest BCUT2D eigenvalue weighted by atomic mass is 16.6. The van der Waals surface area contributed by atoms with Crippen molar-refractivity contribution >= 4 is 0 Å². The normalized spacial score (nSPS) is 30.6. The molecule has 1 aliphatic heterocycles. The number of nitrogens with one attached hydrogen (secondary N) is 1. The summed E-state index contributed by atoms with van der Waals surface area (Å²) in [5.41, 5.74) is 0. The Labute approximate surface area is 63.0 Å². The molecule has 2 unspecified atom stereocenters. The van der Waals surface area contributed by atoms with Gasteiger partial charge in [-0.25, -0.2) is 0 Å². The van der Waals surface area contributed by atoms with Crippen LogP contribution in [0.3, 0.4) is 0 Å². The molecule has 0 aliphatic carbocycles. The van der Waals surface area contributed by atoms with Gasteiger partial charge in [-0.2, -0.15) is 0 Å². The van der Waals surface area contributed by atoms with Gasteiger partial charge < -0.3 is 10.1 Å². The topological polar surface area (TPSA) is 24.6 Å². The zero-order valence-electron chi connectivity index (χ0n) is 6.89. The van der Waals surface area contributed by atoms with Gasteiger partial charge in [-0.3, -0.25) is 0 Å². The molecule has 1 heterocycles. The standard InChI is InChI=1S/C8H17NO/c1-3-7-8(10-7)5-4-6-9-2/h7-9H,3-6H2,1-2H3. The van der Waals surface area contributed by atoms with Crippen LogP contribution in [0.2, 0.25) is 0 Å². The summed E-state index contributed by atoms with van der Waals surface area (Å²) in [4.78, 5) is 0. The van der Waals surface area contributed by atoms with Crippen molar-refractivity contribution in [2.24, 2.45) is 0 Å². The maximum absolute atomic E-state index is 5.38. The average Bonchev–Trinajstić information content (AvgIpc) is 2.68. The lowest BCUT2D eigenvalue weighted by atomic mass is 10.1. The molecular formula is C8H17NO. The number of ether oxygens (including phenoxy) is 1. The van der Waals surface area contributed by atoms with Crippen molar-refractivity contribution in [1.82, 2.24) is 5.32 Å². The molecular weight excluding hydrogens is 126 g/mol. The van der Waals surface area contributed by atoms with Crippen LogP contribution in [0.25, 0.3) is 0 Å². The third-order valence-electron chi connectivity index (χ3n) is 2.01. The van der Waals surface area contributed by atoms with Crippen molar-refractivity contribution in [2.45, 2.75) is 38.4 Å². The molecule has 0 amide bonds. The van der Waals surface area contributed by atoms with E-state index in [0.29, 0.717) is 12.2 Å². The van der Waals surface area contributed by atoms with E-state index < -0.39 is 0 Å². The summed E-state index contributed by atoms with van der Waals surface area (Å²) < 4.78 is 5.38. The van der Waals surface area contributed by atoms with Crippen LogP contribution < -0.4 is 5.32 Å². The quantitative estimate of drug-likeness (QED) is 0.461. The van der Waals surface area contributed by atoms with Crippen LogP contribution in [0.1, 0.15) is 26.2 Å². The third kappa shape index (κ3) is 2.27. The SMILES string of the molecule is CCC1OC1CCCNC. The maximum Gasteiger partial charge on any atom is 0.0842 e. The molecule has 0 bridgehead atoms. The second-order valence-electron chi connectivity index (χ2n) is 2.87. The van der Waals surface area contributed by atoms with Crippen LogP contribution in [0.4, 0.5) is 0 Å². The molecule has 10 heavy (non-hydrogen) atoms. The molecule has 1 rings (SSSR count). The van der Waals surface area contributed by atoms with Gasteiger partial charge in [0.25, 0.3) is 0 Å². The van der Waals surface area contributed by atoms with E-state index >= 15 is 0 Å². The van der Waals surface area contributed by atoms with E-state index in [0.717, 1.165) is 6.54 Å². The van der Waals surface area contributed by atoms with E-state index in [1.165, 1.54) is 19.3 Å². The van der Waals surface area contributed by atoms with Crippen molar-refractivity contribution in [1.29, 1.82) is 0 Å². The Morgan fingerprint density at radius 2 is 2.20 bits per heavy atom. The molecule has 0 aromatic rings. The van der Waals surface area contributed by atoms with E-state index in [-0.39, 0.29) is 0 Å². The molecule has 2 nitrogen and oxygen atoms in total. The Kier molecular flexibility index (Phi) is 3.16. The fourth-order valence-electron chi connectivity index (χ4n) is 1.27. The van der Waals surface area contributed by atoms with Gasteiger partial charge in [0.2, 0.25) is 0 Å². The van der Waals surface area contributed by atoms with Gasteiger partial charge >= 0.3 is 0 Å². The largest absolute Gasteiger partial charge is 0.370 e. The van der Waals surface area contributed by atoms with E-state index in [1.807, 2.05) is 7.05 Å². The van der Waals surface area contributed by atoms with Crippen LogP contribution in [-0.4, -0.2) is 25.8 Å². The molecule has 1 saturated heterocycles. The van der Waals surface area contributed by atoms with Gasteiger partial charge in [0.05, 0.1) is 12.2 Å². The summed E-state index contributed by atoms with van der Waals surface area (Å²) in [6.45, 7) is 3.30. The van der Waals surface area contributed by atoms with Crippen molar-refractivity contribution in [3.8, 4) is 0 Å². The summed E-state index contributed by atoms with van der Waals surface area (Å²) in [5, 5.41) is 3.13. The first-order valence-electron chi connectivity index (χ1n) is 4.18. The Morgan fingerprint density at radius 1 is 1.40 bits per heavy atom. The zero-order chi connectivity index (χ0) is 7.40. The van der Waals surface area contributed by atoms with Crippen molar-refractivity contribution in [2.75, 3.05) is 13.6 Å². The summed E-state index contributed by atoms with van der Waals surface area (Å²) in [5.74, 6) is 0. The smallest absolute Gasteiger partial charge is 0.0842 e. The Hall–Kier alpha value is -0.0800. The predicted molar refractivity (Wildman–Crippen MR) is 42.1 cm³/mol. The molecule has 60 valence electrons. The minimum absolute atomic E-state index is 0.594. The lowest BCUT2D eigenvalue weighted by molar-refractivity contribution is 0.356. The van der Waals surface area contributed by atoms with Crippen LogP contribution >= 0.6 is 0 Å². The minimum atomic E-state index is 0.594. The van der Waals surface area contributed by atoms with E-state index in [1.54, 1.807) is 0 Å². The molecule has 0 radical (unpaired) electrons. The highest BCUT2D eigenvalue weighted by Crippen LogP contribution is 2.28. The van der Waals surface area contributed by atoms with E-state index in [2.05, 4.69) is 12.2 Å². The second kappa shape index (κ2) is 3.94. The Bertz CT molecular complexity index is 95.3. The summed E-state index contributed by atoms with van der Waals surface area (Å²) in [6.07, 6.45) is 4.86. The van der Waals surface area contributed by atoms with Crippen LogP contribution in [0.5, 0.6) is 0 Å². The van der Waals surface area contributed by atoms with Crippen LogP contribution in [0.15, 0.2) is 0 Å². The lowest BCUT2D eigenvalue weighted by Gasteiger charge is -1.94. The van der Waals surface area contributed by atoms with Crippen molar-refractivity contribution < 1.29 is 4.74 Å². The van der Waals surface area contributed by atoms with Gasteiger partial charge in [0.15, 0.2) is 0 Å². The Morgan fingerprint density at radius 3 is 2.70 bits per heavy atom. The second-order valence-corrected chi connectivity index (χ2v) is 2.87. The third-order valence-corrected chi connectivity index (χ3v) is 2.01. The monoisotopic (exact) mass is 143 g/mol. The maximum atomic E-state index is 5.38. The average molecular weight is 143 g/mol. The molecule has 0 aromatic heterocycles. The molecule has 0 saturated carbocycles. The zero-order valence-corrected chi connectivity index (χ0v) is 6.89. The molecule has 0 spiro atoms. The fraction of sp³-hybridized carbons (Fsp3) is 1.00. The van der Waals surface area contributed by atoms with Gasteiger partial charge in [0.1, 0.15) is 0 Å². The first-order chi connectivity index (χ1) is 4.88. The van der Waals surface area contributed by atoms with E-state index in [4.69, 9.17) is 4.74 Å². The first-order valence-corrected chi connectivity index (χ1v) is 4.18. The Balaban J connectivity index is 1.87. The highest BCUT2D eigenvalue weighted by Gasteiger charge is 2.35. The number of rotatable bonds is 5. The molecule has 2 atom stereocenters. The highest BCUT2D eigenvalue weighted by molar-refractivity contribution is 4.82. The minimum Gasteiger partial charge on any atom is -0.370 e. The summed E-state index contributed by atoms with van der Waals surface area (Å²) in [6, 6.07) is 0. The van der Waals surface area contributed by atoms with Crippen molar-refractivity contribution in [3.05, 3.63) is 0 Å². The predicted octanol–water partition coefficient (Wildman–Crippen LogP) is 1.16. The van der Waals surface area contributed by atoms with Gasteiger partial charge in [-0.1, -0.05) is 6.92 Å². The summed E-state index contributed by atoms with van der Waals surface area (Å²) >= 11 is 0. The summed E-state index contributed by atoms with van der Waals surface area (Å²) in [7, 11) is 1.99. The van der Waals surface area contributed by atoms with Gasteiger partial charge in [-0.15, -0.1) is 0 Å². The molecule has 1 N–H and O–H groups in total. The fourth-order valence-corrected chi connectivity index (χ4v) is 1.27. The molecule has 1 fully saturated rings. The van der Waals surface area contributed by atoms with Crippen LogP contribution in [0, 0.1) is 0 Å². The van der Waals surface area contributed by atoms with E-state index in [9.17, 15) is 0 Å². The van der Waals surface area contributed by atoms with Gasteiger partial charge in [0, 0.05) is 0 Å². The molecule has 2 heteroatoms. The number of hydrogen-bond donors (Lipinski definition) is 1. The first kappa shape index (κ1) is 8.02. The molecule has 1 aliphatic rings. The van der Waals surface area contributed by atoms with Crippen molar-refractivity contribution in [3.63, 3.8) is 0 Å². The van der Waals surface area contributed by atoms with Crippen LogP contribution in [-0.2, 0) is 4.74 Å². The lowest BCUT2D eigenvalue weighted by Crippen LogP contribution is -2.08. The number of hydrogen-bond acceptors (Lipinski definition) is 2. The molecule has 0 aromatic carbocycles.